The van der Waals surface area contributed by atoms with Crippen molar-refractivity contribution in [2.24, 2.45) is 0 Å². The fraction of sp³-hybridized carbons (Fsp3) is 0.636. The van der Waals surface area contributed by atoms with Crippen LogP contribution in [0.2, 0.25) is 5.02 Å². The lowest BCUT2D eigenvalue weighted by atomic mass is 9.59. The largest absolute Gasteiger partial charge is 0.484 e. The second-order valence-electron chi connectivity index (χ2n) is 9.45. The number of halogens is 2. The summed E-state index contributed by atoms with van der Waals surface area (Å²) in [5.74, 6) is -0.829. The molecule has 0 aromatic heterocycles. The molecule has 1 aromatic carbocycles. The zero-order valence-corrected chi connectivity index (χ0v) is 19.0. The van der Waals surface area contributed by atoms with Gasteiger partial charge in [0.15, 0.2) is 6.61 Å². The van der Waals surface area contributed by atoms with Crippen molar-refractivity contribution in [3.63, 3.8) is 0 Å². The van der Waals surface area contributed by atoms with E-state index in [2.05, 4.69) is 16.1 Å². The molecule has 2 unspecified atom stereocenters. The van der Waals surface area contributed by atoms with Gasteiger partial charge in [-0.05, 0) is 57.6 Å². The normalized spacial score (nSPS) is 34.3. The molecular formula is C22H30ClFN4O4. The van der Waals surface area contributed by atoms with E-state index in [9.17, 15) is 19.1 Å². The number of benzene rings is 1. The third kappa shape index (κ3) is 4.57. The summed E-state index contributed by atoms with van der Waals surface area (Å²) in [6.07, 6.45) is 2.83. The molecule has 1 aromatic rings. The highest BCUT2D eigenvalue weighted by atomic mass is 35.5. The molecular weight excluding hydrogens is 439 g/mol. The number of aliphatic hydroxyl groups is 1. The summed E-state index contributed by atoms with van der Waals surface area (Å²) in [7, 11) is 1.86. The Labute approximate surface area is 191 Å². The first kappa shape index (κ1) is 23.2. The summed E-state index contributed by atoms with van der Waals surface area (Å²) in [6.45, 7) is 1.74. The van der Waals surface area contributed by atoms with Gasteiger partial charge in [-0.25, -0.2) is 9.40 Å². The highest BCUT2D eigenvalue weighted by Crippen LogP contribution is 2.47. The first-order chi connectivity index (χ1) is 15.1. The van der Waals surface area contributed by atoms with Crippen molar-refractivity contribution in [2.75, 3.05) is 13.7 Å². The van der Waals surface area contributed by atoms with Crippen LogP contribution in [0.5, 0.6) is 5.75 Å². The molecule has 4 N–H and O–H groups in total. The summed E-state index contributed by atoms with van der Waals surface area (Å²) in [5.41, 5.74) is 2.04. The maximum Gasteiger partial charge on any atom is 0.258 e. The first-order valence-electron chi connectivity index (χ1n) is 11.0. The lowest BCUT2D eigenvalue weighted by molar-refractivity contribution is -0.138. The number of hydrogen-bond donors (Lipinski definition) is 4. The average Bonchev–Trinajstić information content (AvgIpc) is 3.08. The number of hydrazine groups is 1. The van der Waals surface area contributed by atoms with Crippen LogP contribution >= 0.6 is 11.6 Å². The van der Waals surface area contributed by atoms with Crippen LogP contribution in [0.4, 0.5) is 4.39 Å². The van der Waals surface area contributed by atoms with Crippen LogP contribution in [0.3, 0.4) is 0 Å². The number of amides is 2. The van der Waals surface area contributed by atoms with Crippen molar-refractivity contribution in [2.45, 2.75) is 74.7 Å². The monoisotopic (exact) mass is 468 g/mol. The van der Waals surface area contributed by atoms with Crippen LogP contribution in [0.25, 0.3) is 0 Å². The Kier molecular flexibility index (Phi) is 6.37. The molecule has 1 heterocycles. The lowest BCUT2D eigenvalue weighted by Gasteiger charge is -2.56. The Morgan fingerprint density at radius 3 is 2.62 bits per heavy atom. The van der Waals surface area contributed by atoms with Gasteiger partial charge in [-0.1, -0.05) is 11.6 Å². The van der Waals surface area contributed by atoms with E-state index in [1.807, 2.05) is 19.0 Å². The minimum Gasteiger partial charge on any atom is -0.484 e. The third-order valence-corrected chi connectivity index (χ3v) is 7.44. The molecule has 32 heavy (non-hydrogen) atoms. The number of likely N-dealkylation sites (N-methyl/N-ethyl adjacent to an activating group) is 1. The molecule has 1 saturated heterocycles. The number of ether oxygens (including phenoxy) is 1. The number of nitrogens with one attached hydrogen (secondary N) is 3. The minimum absolute atomic E-state index is 0.0193. The Balaban J connectivity index is 1.32. The molecule has 4 aliphatic rings. The van der Waals surface area contributed by atoms with E-state index in [0.29, 0.717) is 32.1 Å². The van der Waals surface area contributed by atoms with Crippen LogP contribution < -0.4 is 20.8 Å². The fourth-order valence-electron chi connectivity index (χ4n) is 5.30. The van der Waals surface area contributed by atoms with Crippen LogP contribution in [0, 0.1) is 5.82 Å². The van der Waals surface area contributed by atoms with Crippen molar-refractivity contribution in [1.29, 1.82) is 0 Å². The molecule has 8 nitrogen and oxygen atoms in total. The molecule has 3 saturated carbocycles. The SMILES string of the molecule is CC1CC(C(=O)NC23CCC(NC(=O)COc4ccc(Cl)c(F)c4)(CC2)[C@@H](O)C3)N(C)N1. The molecule has 3 aliphatic carbocycles. The van der Waals surface area contributed by atoms with Gasteiger partial charge in [0.2, 0.25) is 5.91 Å². The highest BCUT2D eigenvalue weighted by molar-refractivity contribution is 6.30. The van der Waals surface area contributed by atoms with Gasteiger partial charge in [0.1, 0.15) is 17.6 Å². The summed E-state index contributed by atoms with van der Waals surface area (Å²) < 4.78 is 18.9. The summed E-state index contributed by atoms with van der Waals surface area (Å²) >= 11 is 5.65. The number of carbonyl (C=O) groups is 2. The molecule has 2 bridgehead atoms. The second kappa shape index (κ2) is 8.78. The molecule has 5 rings (SSSR count). The lowest BCUT2D eigenvalue weighted by Crippen LogP contribution is -2.71. The van der Waals surface area contributed by atoms with E-state index < -0.39 is 23.0 Å². The molecule has 0 spiro atoms. The van der Waals surface area contributed by atoms with Gasteiger partial charge in [-0.2, -0.15) is 0 Å². The molecule has 2 amide bonds. The molecule has 0 radical (unpaired) electrons. The number of carbonyl (C=O) groups excluding carboxylic acids is 2. The first-order valence-corrected chi connectivity index (χ1v) is 11.4. The van der Waals surface area contributed by atoms with E-state index in [1.165, 1.54) is 12.1 Å². The van der Waals surface area contributed by atoms with Gasteiger partial charge in [-0.3, -0.25) is 15.0 Å². The predicted molar refractivity (Wildman–Crippen MR) is 117 cm³/mol. The third-order valence-electron chi connectivity index (χ3n) is 7.13. The molecule has 4 fully saturated rings. The van der Waals surface area contributed by atoms with Gasteiger partial charge in [0.05, 0.1) is 16.7 Å². The number of aliphatic hydroxyl groups excluding tert-OH is 1. The Bertz CT molecular complexity index is 893. The van der Waals surface area contributed by atoms with Gasteiger partial charge < -0.3 is 20.5 Å². The Morgan fingerprint density at radius 2 is 2.03 bits per heavy atom. The van der Waals surface area contributed by atoms with E-state index in [4.69, 9.17) is 16.3 Å². The number of nitrogens with zero attached hydrogens (tertiary/aromatic N) is 1. The van der Waals surface area contributed by atoms with E-state index >= 15 is 0 Å². The van der Waals surface area contributed by atoms with Crippen LogP contribution in [0.1, 0.15) is 45.4 Å². The fourth-order valence-corrected chi connectivity index (χ4v) is 5.42. The van der Waals surface area contributed by atoms with Gasteiger partial charge in [-0.15, -0.1) is 0 Å². The van der Waals surface area contributed by atoms with E-state index in [-0.39, 0.29) is 41.3 Å². The molecule has 10 heteroatoms. The molecule has 1 aliphatic heterocycles. The zero-order chi connectivity index (χ0) is 23.1. The number of hydrogen-bond acceptors (Lipinski definition) is 6. The van der Waals surface area contributed by atoms with Crippen LogP contribution in [0.15, 0.2) is 18.2 Å². The predicted octanol–water partition coefficient (Wildman–Crippen LogP) is 1.50. The zero-order valence-electron chi connectivity index (χ0n) is 18.3. The highest BCUT2D eigenvalue weighted by Gasteiger charge is 2.55. The maximum atomic E-state index is 13.5. The maximum absolute atomic E-state index is 13.5. The van der Waals surface area contributed by atoms with E-state index in [1.54, 1.807) is 0 Å². The van der Waals surface area contributed by atoms with Crippen LogP contribution in [-0.2, 0) is 9.59 Å². The van der Waals surface area contributed by atoms with Gasteiger partial charge in [0, 0.05) is 24.7 Å². The van der Waals surface area contributed by atoms with Crippen molar-refractivity contribution >= 4 is 23.4 Å². The van der Waals surface area contributed by atoms with Crippen molar-refractivity contribution in [1.82, 2.24) is 21.1 Å². The van der Waals surface area contributed by atoms with E-state index in [0.717, 1.165) is 12.5 Å². The van der Waals surface area contributed by atoms with Crippen LogP contribution in [-0.4, -0.2) is 64.8 Å². The smallest absolute Gasteiger partial charge is 0.258 e. The minimum atomic E-state index is -0.777. The van der Waals surface area contributed by atoms with Gasteiger partial charge in [0.25, 0.3) is 5.91 Å². The average molecular weight is 469 g/mol. The quantitative estimate of drug-likeness (QED) is 0.504. The number of rotatable bonds is 6. The summed E-state index contributed by atoms with van der Waals surface area (Å²) in [4.78, 5) is 25.4. The van der Waals surface area contributed by atoms with Crippen molar-refractivity contribution in [3.05, 3.63) is 29.0 Å². The summed E-state index contributed by atoms with van der Waals surface area (Å²) in [5, 5.41) is 18.9. The Hall–Kier alpha value is -1.94. The molecule has 3 atom stereocenters. The number of fused-ring (bicyclic) bond motifs is 3. The topological polar surface area (TPSA) is 103 Å². The van der Waals surface area contributed by atoms with Gasteiger partial charge >= 0.3 is 0 Å². The Morgan fingerprint density at radius 1 is 1.31 bits per heavy atom. The summed E-state index contributed by atoms with van der Waals surface area (Å²) in [6, 6.07) is 3.98. The molecule has 176 valence electrons. The van der Waals surface area contributed by atoms with Crippen molar-refractivity contribution in [3.8, 4) is 5.75 Å². The second-order valence-corrected chi connectivity index (χ2v) is 9.86. The van der Waals surface area contributed by atoms with Crippen molar-refractivity contribution < 1.29 is 23.8 Å². The standard InChI is InChI=1S/C22H30ClFN4O4/c1-13-9-17(28(2)27-13)20(31)26-21-5-7-22(8-6-21,18(29)11-21)25-19(30)12-32-14-3-4-15(23)16(24)10-14/h3-4,10,13,17-18,27,29H,5-9,11-12H2,1-2H3,(H,25,30)(H,26,31)/t13?,17?,18-,21?,22?/m0/s1.